The third kappa shape index (κ3) is 4.47. The Morgan fingerprint density at radius 3 is 2.37 bits per heavy atom. The van der Waals surface area contributed by atoms with Crippen LogP contribution in [0.1, 0.15) is 11.6 Å². The van der Waals surface area contributed by atoms with Crippen LogP contribution in [0.5, 0.6) is 0 Å². The first-order valence-corrected chi connectivity index (χ1v) is 6.83. The molecule has 19 heavy (non-hydrogen) atoms. The Morgan fingerprint density at radius 1 is 1.21 bits per heavy atom. The maximum atomic E-state index is 13.3. The van der Waals surface area contributed by atoms with Gasteiger partial charge in [-0.05, 0) is 40.3 Å². The molecule has 0 aliphatic carbocycles. The zero-order chi connectivity index (χ0) is 13.2. The van der Waals surface area contributed by atoms with E-state index in [1.165, 1.54) is 4.90 Å². The van der Waals surface area contributed by atoms with E-state index < -0.39 is 12.2 Å². The van der Waals surface area contributed by atoms with E-state index in [9.17, 15) is 13.2 Å². The molecule has 0 saturated carbocycles. The van der Waals surface area contributed by atoms with Crippen molar-refractivity contribution in [2.75, 3.05) is 26.2 Å². The SMILES string of the molecule is Cl.FC(F)(F)[C@H](c1cccc(I)c1)N1CCNCC1. The zero-order valence-corrected chi connectivity index (χ0v) is 13.1. The molecule has 1 aliphatic heterocycles. The van der Waals surface area contributed by atoms with Gasteiger partial charge >= 0.3 is 6.18 Å². The van der Waals surface area contributed by atoms with Crippen molar-refractivity contribution in [1.29, 1.82) is 0 Å². The molecule has 2 nitrogen and oxygen atoms in total. The van der Waals surface area contributed by atoms with Crippen LogP contribution >= 0.6 is 35.0 Å². The molecule has 1 fully saturated rings. The maximum Gasteiger partial charge on any atom is 0.408 e. The second-order valence-corrected chi connectivity index (χ2v) is 5.53. The van der Waals surface area contributed by atoms with Gasteiger partial charge in [0.15, 0.2) is 0 Å². The highest BCUT2D eigenvalue weighted by atomic mass is 127. The largest absolute Gasteiger partial charge is 0.408 e. The normalized spacial score (nSPS) is 18.7. The van der Waals surface area contributed by atoms with E-state index in [-0.39, 0.29) is 12.4 Å². The van der Waals surface area contributed by atoms with Gasteiger partial charge in [0.05, 0.1) is 0 Å². The lowest BCUT2D eigenvalue weighted by Crippen LogP contribution is -2.49. The van der Waals surface area contributed by atoms with Gasteiger partial charge in [0, 0.05) is 29.7 Å². The van der Waals surface area contributed by atoms with Crippen molar-refractivity contribution in [3.05, 3.63) is 33.4 Å². The minimum absolute atomic E-state index is 0. The monoisotopic (exact) mass is 406 g/mol. The van der Waals surface area contributed by atoms with Gasteiger partial charge in [-0.2, -0.15) is 13.2 Å². The molecule has 0 unspecified atom stereocenters. The first-order valence-electron chi connectivity index (χ1n) is 5.75. The van der Waals surface area contributed by atoms with Crippen molar-refractivity contribution in [2.45, 2.75) is 12.2 Å². The number of hydrogen-bond acceptors (Lipinski definition) is 2. The van der Waals surface area contributed by atoms with Crippen LogP contribution in [0.25, 0.3) is 0 Å². The van der Waals surface area contributed by atoms with Crippen LogP contribution in [0.2, 0.25) is 0 Å². The van der Waals surface area contributed by atoms with E-state index in [2.05, 4.69) is 5.32 Å². The molecule has 0 bridgehead atoms. The van der Waals surface area contributed by atoms with Gasteiger partial charge in [0.2, 0.25) is 0 Å². The Bertz CT molecular complexity index is 408. The van der Waals surface area contributed by atoms with Crippen molar-refractivity contribution in [1.82, 2.24) is 10.2 Å². The second-order valence-electron chi connectivity index (χ2n) is 4.29. The smallest absolute Gasteiger partial charge is 0.314 e. The van der Waals surface area contributed by atoms with Crippen molar-refractivity contribution >= 4 is 35.0 Å². The molecule has 1 saturated heterocycles. The number of halogens is 5. The Balaban J connectivity index is 0.00000180. The number of nitrogens with zero attached hydrogens (tertiary/aromatic N) is 1. The highest BCUT2D eigenvalue weighted by Crippen LogP contribution is 2.38. The number of rotatable bonds is 2. The molecule has 0 aromatic heterocycles. The fourth-order valence-corrected chi connectivity index (χ4v) is 2.79. The molecule has 0 spiro atoms. The second kappa shape index (κ2) is 7.10. The van der Waals surface area contributed by atoms with E-state index >= 15 is 0 Å². The predicted molar refractivity (Wildman–Crippen MR) is 79.6 cm³/mol. The molecular formula is C12H15ClF3IN2. The Labute approximate surface area is 130 Å². The standard InChI is InChI=1S/C12H14F3IN2.ClH/c13-12(14,15)11(18-6-4-17-5-7-18)9-2-1-3-10(16)8-9;/h1-3,8,11,17H,4-7H2;1H/t11-;/m0./s1. The Morgan fingerprint density at radius 2 is 1.84 bits per heavy atom. The average Bonchev–Trinajstić information content (AvgIpc) is 2.28. The van der Waals surface area contributed by atoms with Crippen molar-refractivity contribution in [3.63, 3.8) is 0 Å². The highest BCUT2D eigenvalue weighted by Gasteiger charge is 2.44. The number of hydrogen-bond donors (Lipinski definition) is 1. The third-order valence-corrected chi connectivity index (χ3v) is 3.66. The molecule has 1 heterocycles. The predicted octanol–water partition coefficient (Wildman–Crippen LogP) is 3.22. The fourth-order valence-electron chi connectivity index (χ4n) is 2.22. The Hall–Kier alpha value is -0.0500. The Kier molecular flexibility index (Phi) is 6.35. The van der Waals surface area contributed by atoms with Crippen LogP contribution < -0.4 is 5.32 Å². The van der Waals surface area contributed by atoms with Crippen LogP contribution in [-0.2, 0) is 0 Å². The molecule has 0 amide bonds. The summed E-state index contributed by atoms with van der Waals surface area (Å²) >= 11 is 2.04. The minimum Gasteiger partial charge on any atom is -0.314 e. The van der Waals surface area contributed by atoms with Gasteiger partial charge in [-0.1, -0.05) is 12.1 Å². The van der Waals surface area contributed by atoms with Crippen LogP contribution in [-0.4, -0.2) is 37.3 Å². The molecule has 1 N–H and O–H groups in total. The summed E-state index contributed by atoms with van der Waals surface area (Å²) in [5.74, 6) is 0. The minimum atomic E-state index is -4.23. The van der Waals surface area contributed by atoms with E-state index in [0.717, 1.165) is 3.57 Å². The summed E-state index contributed by atoms with van der Waals surface area (Å²) in [6.45, 7) is 2.07. The maximum absolute atomic E-state index is 13.3. The summed E-state index contributed by atoms with van der Waals surface area (Å²) in [6.07, 6.45) is -4.23. The number of alkyl halides is 3. The number of benzene rings is 1. The van der Waals surface area contributed by atoms with Crippen molar-refractivity contribution < 1.29 is 13.2 Å². The molecule has 1 aliphatic rings. The molecule has 1 aromatic rings. The van der Waals surface area contributed by atoms with Gasteiger partial charge in [-0.3, -0.25) is 4.90 Å². The van der Waals surface area contributed by atoms with Crippen molar-refractivity contribution in [3.8, 4) is 0 Å². The fraction of sp³-hybridized carbons (Fsp3) is 0.500. The highest BCUT2D eigenvalue weighted by molar-refractivity contribution is 14.1. The van der Waals surface area contributed by atoms with E-state index in [1.54, 1.807) is 24.3 Å². The third-order valence-electron chi connectivity index (χ3n) is 2.99. The van der Waals surface area contributed by atoms with Crippen LogP contribution in [0.3, 0.4) is 0 Å². The molecule has 7 heteroatoms. The molecule has 1 atom stereocenters. The van der Waals surface area contributed by atoms with E-state index in [0.29, 0.717) is 31.7 Å². The average molecular weight is 407 g/mol. The molecule has 0 radical (unpaired) electrons. The van der Waals surface area contributed by atoms with E-state index in [1.807, 2.05) is 22.6 Å². The summed E-state index contributed by atoms with van der Waals surface area (Å²) < 4.78 is 40.6. The number of piperazine rings is 1. The zero-order valence-electron chi connectivity index (χ0n) is 10.1. The lowest BCUT2D eigenvalue weighted by atomic mass is 10.0. The molecule has 2 rings (SSSR count). The quantitative estimate of drug-likeness (QED) is 0.759. The number of nitrogens with one attached hydrogen (secondary N) is 1. The van der Waals surface area contributed by atoms with Gasteiger partial charge in [-0.15, -0.1) is 12.4 Å². The summed E-state index contributed by atoms with van der Waals surface area (Å²) in [7, 11) is 0. The van der Waals surface area contributed by atoms with Gasteiger partial charge in [-0.25, -0.2) is 0 Å². The van der Waals surface area contributed by atoms with Crippen molar-refractivity contribution in [2.24, 2.45) is 0 Å². The van der Waals surface area contributed by atoms with Crippen LogP contribution in [0, 0.1) is 3.57 Å². The molecule has 108 valence electrons. The lowest BCUT2D eigenvalue weighted by molar-refractivity contribution is -0.187. The van der Waals surface area contributed by atoms with Gasteiger partial charge < -0.3 is 5.32 Å². The summed E-state index contributed by atoms with van der Waals surface area (Å²) in [5.41, 5.74) is 0.330. The summed E-state index contributed by atoms with van der Waals surface area (Å²) in [5, 5.41) is 3.07. The molecule has 1 aromatic carbocycles. The topological polar surface area (TPSA) is 15.3 Å². The van der Waals surface area contributed by atoms with Gasteiger partial charge in [0.1, 0.15) is 6.04 Å². The van der Waals surface area contributed by atoms with E-state index in [4.69, 9.17) is 0 Å². The first-order chi connectivity index (χ1) is 8.48. The van der Waals surface area contributed by atoms with Gasteiger partial charge in [0.25, 0.3) is 0 Å². The van der Waals surface area contributed by atoms with Crippen LogP contribution in [0.15, 0.2) is 24.3 Å². The lowest BCUT2D eigenvalue weighted by Gasteiger charge is -2.36. The summed E-state index contributed by atoms with van der Waals surface area (Å²) in [4.78, 5) is 1.50. The molecular weight excluding hydrogens is 391 g/mol. The van der Waals surface area contributed by atoms with Crippen LogP contribution in [0.4, 0.5) is 13.2 Å². The first kappa shape index (κ1) is 17.0. The summed E-state index contributed by atoms with van der Waals surface area (Å²) in [6, 6.07) is 5.16.